The number of anilines is 1. The van der Waals surface area contributed by atoms with Crippen molar-refractivity contribution < 1.29 is 14.3 Å². The standard InChI is InChI=1S/C21H23N3O3/c1-21(10-11-21)20(26)24-13-5-8-17(24)19(25)23-16-7-2-3-9-18(16)27-15-6-4-12-22-14-15/h2-4,6-7,9,12,14,17H,5,8,10-11,13H2,1H3,(H,23,25)/t17-/m1/s1. The molecule has 0 spiro atoms. The van der Waals surface area contributed by atoms with Crippen LogP contribution in [0.15, 0.2) is 48.8 Å². The number of carbonyl (C=O) groups excluding carboxylic acids is 2. The van der Waals surface area contributed by atoms with Crippen molar-refractivity contribution in [3.63, 3.8) is 0 Å². The maximum atomic E-state index is 12.9. The number of rotatable bonds is 5. The van der Waals surface area contributed by atoms with Crippen LogP contribution >= 0.6 is 0 Å². The van der Waals surface area contributed by atoms with Crippen molar-refractivity contribution in [1.29, 1.82) is 0 Å². The molecule has 0 bridgehead atoms. The van der Waals surface area contributed by atoms with Gasteiger partial charge in [0.15, 0.2) is 5.75 Å². The van der Waals surface area contributed by atoms with Crippen molar-refractivity contribution in [3.8, 4) is 11.5 Å². The van der Waals surface area contributed by atoms with Crippen LogP contribution < -0.4 is 10.1 Å². The Kier molecular flexibility index (Phi) is 4.56. The van der Waals surface area contributed by atoms with Gasteiger partial charge < -0.3 is 15.0 Å². The van der Waals surface area contributed by atoms with Gasteiger partial charge in [0.25, 0.3) is 0 Å². The third-order valence-electron chi connectivity index (χ3n) is 5.34. The molecular formula is C21H23N3O3. The maximum Gasteiger partial charge on any atom is 0.247 e. The summed E-state index contributed by atoms with van der Waals surface area (Å²) < 4.78 is 5.85. The molecule has 1 saturated heterocycles. The van der Waals surface area contributed by atoms with Crippen molar-refractivity contribution >= 4 is 17.5 Å². The van der Waals surface area contributed by atoms with Crippen LogP contribution in [0.25, 0.3) is 0 Å². The number of pyridine rings is 1. The van der Waals surface area contributed by atoms with Crippen LogP contribution in [0.1, 0.15) is 32.6 Å². The molecule has 6 heteroatoms. The lowest BCUT2D eigenvalue weighted by Gasteiger charge is -2.27. The summed E-state index contributed by atoms with van der Waals surface area (Å²) in [6, 6.07) is 10.5. The number of likely N-dealkylation sites (tertiary alicyclic amines) is 1. The van der Waals surface area contributed by atoms with E-state index in [1.54, 1.807) is 41.6 Å². The number of carbonyl (C=O) groups is 2. The fourth-order valence-electron chi connectivity index (χ4n) is 3.44. The third-order valence-corrected chi connectivity index (χ3v) is 5.34. The van der Waals surface area contributed by atoms with Gasteiger partial charge in [0.1, 0.15) is 11.8 Å². The van der Waals surface area contributed by atoms with Crippen LogP contribution in [-0.4, -0.2) is 34.3 Å². The van der Waals surface area contributed by atoms with E-state index in [1.165, 1.54) is 0 Å². The van der Waals surface area contributed by atoms with Gasteiger partial charge in [0.2, 0.25) is 11.8 Å². The molecule has 2 fully saturated rings. The molecule has 2 aliphatic rings. The number of nitrogens with zero attached hydrogens (tertiary/aromatic N) is 2. The molecule has 1 N–H and O–H groups in total. The smallest absolute Gasteiger partial charge is 0.247 e. The van der Waals surface area contributed by atoms with Gasteiger partial charge in [-0.15, -0.1) is 0 Å². The topological polar surface area (TPSA) is 71.5 Å². The molecule has 0 unspecified atom stereocenters. The normalized spacial score (nSPS) is 20.2. The average Bonchev–Trinajstić information content (AvgIpc) is 3.25. The van der Waals surface area contributed by atoms with E-state index in [-0.39, 0.29) is 17.2 Å². The highest BCUT2D eigenvalue weighted by molar-refractivity contribution is 5.99. The minimum Gasteiger partial charge on any atom is -0.454 e. The molecule has 0 radical (unpaired) electrons. The zero-order chi connectivity index (χ0) is 18.9. The second-order valence-electron chi connectivity index (χ2n) is 7.49. The molecule has 2 heterocycles. The Labute approximate surface area is 158 Å². The average molecular weight is 365 g/mol. The van der Waals surface area contributed by atoms with E-state index in [0.717, 1.165) is 19.3 Å². The molecule has 1 aromatic carbocycles. The summed E-state index contributed by atoms with van der Waals surface area (Å²) in [7, 11) is 0. The first kappa shape index (κ1) is 17.5. The number of hydrogen-bond donors (Lipinski definition) is 1. The predicted molar refractivity (Wildman–Crippen MR) is 101 cm³/mol. The van der Waals surface area contributed by atoms with E-state index in [9.17, 15) is 9.59 Å². The molecule has 140 valence electrons. The lowest BCUT2D eigenvalue weighted by molar-refractivity contribution is -0.140. The number of amides is 2. The summed E-state index contributed by atoms with van der Waals surface area (Å²) in [5, 5.41) is 2.95. The Morgan fingerprint density at radius 2 is 2.04 bits per heavy atom. The summed E-state index contributed by atoms with van der Waals surface area (Å²) in [6.45, 7) is 2.64. The van der Waals surface area contributed by atoms with Gasteiger partial charge in [-0.25, -0.2) is 0 Å². The van der Waals surface area contributed by atoms with Gasteiger partial charge in [0, 0.05) is 18.2 Å². The van der Waals surface area contributed by atoms with Crippen LogP contribution in [0.5, 0.6) is 11.5 Å². The molecule has 1 aliphatic heterocycles. The van der Waals surface area contributed by atoms with Gasteiger partial charge >= 0.3 is 0 Å². The van der Waals surface area contributed by atoms with Crippen LogP contribution in [0.2, 0.25) is 0 Å². The predicted octanol–water partition coefficient (Wildman–Crippen LogP) is 3.60. The minimum atomic E-state index is -0.415. The first-order valence-corrected chi connectivity index (χ1v) is 9.36. The number of nitrogens with one attached hydrogen (secondary N) is 1. The Bertz CT molecular complexity index is 849. The molecule has 1 aliphatic carbocycles. The van der Waals surface area contributed by atoms with E-state index in [1.807, 2.05) is 19.1 Å². The molecule has 1 saturated carbocycles. The van der Waals surface area contributed by atoms with E-state index in [2.05, 4.69) is 10.3 Å². The molecule has 2 aromatic rings. The van der Waals surface area contributed by atoms with Crippen molar-refractivity contribution in [1.82, 2.24) is 9.88 Å². The summed E-state index contributed by atoms with van der Waals surface area (Å²) >= 11 is 0. The number of ether oxygens (including phenoxy) is 1. The molecule has 1 atom stereocenters. The number of para-hydroxylation sites is 2. The van der Waals surface area contributed by atoms with Crippen molar-refractivity contribution in [2.45, 2.75) is 38.6 Å². The zero-order valence-corrected chi connectivity index (χ0v) is 15.4. The Morgan fingerprint density at radius 3 is 2.78 bits per heavy atom. The van der Waals surface area contributed by atoms with Crippen molar-refractivity contribution in [2.24, 2.45) is 5.41 Å². The van der Waals surface area contributed by atoms with Gasteiger partial charge in [-0.2, -0.15) is 0 Å². The first-order chi connectivity index (χ1) is 13.1. The quantitative estimate of drug-likeness (QED) is 0.879. The minimum absolute atomic E-state index is 0.111. The molecule has 4 rings (SSSR count). The largest absolute Gasteiger partial charge is 0.454 e. The van der Waals surface area contributed by atoms with Crippen molar-refractivity contribution in [2.75, 3.05) is 11.9 Å². The summed E-state index contributed by atoms with van der Waals surface area (Å²) in [4.78, 5) is 31.4. The van der Waals surface area contributed by atoms with Gasteiger partial charge in [-0.05, 0) is 49.9 Å². The lowest BCUT2D eigenvalue weighted by Crippen LogP contribution is -2.45. The van der Waals surface area contributed by atoms with Crippen molar-refractivity contribution in [3.05, 3.63) is 48.8 Å². The Morgan fingerprint density at radius 1 is 1.22 bits per heavy atom. The highest BCUT2D eigenvalue weighted by Gasteiger charge is 2.50. The number of benzene rings is 1. The van der Waals surface area contributed by atoms with Crippen LogP contribution in [0.3, 0.4) is 0 Å². The lowest BCUT2D eigenvalue weighted by atomic mass is 10.1. The third kappa shape index (κ3) is 3.65. The molecule has 6 nitrogen and oxygen atoms in total. The summed E-state index contributed by atoms with van der Waals surface area (Å²) in [5.74, 6) is 1.09. The van der Waals surface area contributed by atoms with Crippen LogP contribution in [0.4, 0.5) is 5.69 Å². The Balaban J connectivity index is 1.49. The first-order valence-electron chi connectivity index (χ1n) is 9.36. The second-order valence-corrected chi connectivity index (χ2v) is 7.49. The van der Waals surface area contributed by atoms with E-state index in [0.29, 0.717) is 30.2 Å². The van der Waals surface area contributed by atoms with E-state index < -0.39 is 6.04 Å². The highest BCUT2D eigenvalue weighted by Crippen LogP contribution is 2.47. The molecule has 1 aromatic heterocycles. The number of hydrogen-bond acceptors (Lipinski definition) is 4. The zero-order valence-electron chi connectivity index (χ0n) is 15.4. The maximum absolute atomic E-state index is 12.9. The highest BCUT2D eigenvalue weighted by atomic mass is 16.5. The monoisotopic (exact) mass is 365 g/mol. The molecule has 27 heavy (non-hydrogen) atoms. The van der Waals surface area contributed by atoms with E-state index >= 15 is 0 Å². The van der Waals surface area contributed by atoms with E-state index in [4.69, 9.17) is 4.74 Å². The Hall–Kier alpha value is -2.89. The van der Waals surface area contributed by atoms with Gasteiger partial charge in [0.05, 0.1) is 11.9 Å². The summed E-state index contributed by atoms with van der Waals surface area (Å²) in [5.41, 5.74) is 0.327. The second kappa shape index (κ2) is 7.02. The summed E-state index contributed by atoms with van der Waals surface area (Å²) in [6.07, 6.45) is 6.67. The molecular weight excluding hydrogens is 342 g/mol. The molecule has 2 amide bonds. The van der Waals surface area contributed by atoms with Gasteiger partial charge in [-0.3, -0.25) is 14.6 Å². The SMILES string of the molecule is CC1(C(=O)N2CCC[C@@H]2C(=O)Nc2ccccc2Oc2cccnc2)CC1. The fraction of sp³-hybridized carbons (Fsp3) is 0.381. The van der Waals surface area contributed by atoms with Gasteiger partial charge in [-0.1, -0.05) is 19.1 Å². The van der Waals surface area contributed by atoms with Crippen LogP contribution in [-0.2, 0) is 9.59 Å². The fourth-order valence-corrected chi connectivity index (χ4v) is 3.44. The number of aromatic nitrogens is 1. The van der Waals surface area contributed by atoms with Crippen LogP contribution in [0, 0.1) is 5.41 Å².